The first-order valence-electron chi connectivity index (χ1n) is 5.57. The van der Waals surface area contributed by atoms with Crippen LogP contribution in [0.15, 0.2) is 16.6 Å². The normalized spacial score (nSPS) is 19.0. The molecule has 1 aliphatic heterocycles. The Morgan fingerprint density at radius 1 is 1.53 bits per heavy atom. The summed E-state index contributed by atoms with van der Waals surface area (Å²) >= 11 is 9.12. The van der Waals surface area contributed by atoms with Crippen LogP contribution in [0.3, 0.4) is 0 Å². The van der Waals surface area contributed by atoms with Gasteiger partial charge in [-0.05, 0) is 28.1 Å². The molecule has 1 unspecified atom stereocenters. The number of rotatable bonds is 3. The molecule has 1 fully saturated rings. The van der Waals surface area contributed by atoms with E-state index in [1.165, 1.54) is 17.0 Å². The van der Waals surface area contributed by atoms with Gasteiger partial charge in [0.1, 0.15) is 0 Å². The van der Waals surface area contributed by atoms with Crippen LogP contribution in [0.4, 0.5) is 5.69 Å². The molecule has 0 aliphatic carbocycles. The van der Waals surface area contributed by atoms with E-state index in [0.29, 0.717) is 16.0 Å². The van der Waals surface area contributed by atoms with Crippen molar-refractivity contribution in [3.8, 4) is 0 Å². The molecule has 1 amide bonds. The van der Waals surface area contributed by atoms with Crippen molar-refractivity contribution in [3.63, 3.8) is 0 Å². The lowest BCUT2D eigenvalue weighted by Gasteiger charge is -2.19. The zero-order chi connectivity index (χ0) is 14.2. The largest absolute Gasteiger partial charge is 0.478 e. The van der Waals surface area contributed by atoms with Gasteiger partial charge in [0, 0.05) is 30.0 Å². The van der Waals surface area contributed by atoms with Gasteiger partial charge in [-0.1, -0.05) is 11.6 Å². The maximum Gasteiger partial charge on any atom is 0.337 e. The van der Waals surface area contributed by atoms with E-state index in [1.807, 2.05) is 0 Å². The third-order valence-electron chi connectivity index (χ3n) is 3.02. The van der Waals surface area contributed by atoms with Gasteiger partial charge >= 0.3 is 5.97 Å². The highest BCUT2D eigenvalue weighted by Crippen LogP contribution is 2.34. The predicted molar refractivity (Wildman–Crippen MR) is 73.7 cm³/mol. The molecule has 1 atom stereocenters. The van der Waals surface area contributed by atoms with Crippen molar-refractivity contribution in [1.29, 1.82) is 0 Å². The predicted octanol–water partition coefficient (Wildman–Crippen LogP) is 2.15. The number of hydrogen-bond acceptors (Lipinski definition) is 3. The van der Waals surface area contributed by atoms with Gasteiger partial charge < -0.3 is 15.1 Å². The summed E-state index contributed by atoms with van der Waals surface area (Å²) in [6, 6.07) is 2.83. The van der Waals surface area contributed by atoms with Gasteiger partial charge in [-0.2, -0.15) is 0 Å². The summed E-state index contributed by atoms with van der Waals surface area (Å²) in [4.78, 5) is 24.5. The van der Waals surface area contributed by atoms with E-state index in [9.17, 15) is 14.7 Å². The van der Waals surface area contributed by atoms with E-state index < -0.39 is 5.97 Å². The number of halogens is 2. The van der Waals surface area contributed by atoms with Gasteiger partial charge in [-0.25, -0.2) is 4.79 Å². The van der Waals surface area contributed by atoms with Crippen molar-refractivity contribution in [2.45, 2.75) is 6.42 Å². The van der Waals surface area contributed by atoms with Crippen molar-refractivity contribution < 1.29 is 19.8 Å². The Morgan fingerprint density at radius 2 is 2.21 bits per heavy atom. The average Bonchev–Trinajstić information content (AvgIpc) is 2.73. The third kappa shape index (κ3) is 2.75. The summed E-state index contributed by atoms with van der Waals surface area (Å²) < 4.78 is 0.459. The molecule has 2 N–H and O–H groups in total. The SMILES string of the molecule is O=C(O)c1cc(Br)c(Cl)cc1N1CC(CO)CC1=O. The fourth-order valence-corrected chi connectivity index (χ4v) is 2.57. The molecule has 1 aliphatic rings. The van der Waals surface area contributed by atoms with Crippen molar-refractivity contribution in [3.05, 3.63) is 27.2 Å². The highest BCUT2D eigenvalue weighted by Gasteiger charge is 2.32. The molecule has 0 bridgehead atoms. The molecule has 1 aromatic carbocycles. The molecule has 1 aromatic rings. The molecule has 1 saturated heterocycles. The number of hydrogen-bond donors (Lipinski definition) is 2. The van der Waals surface area contributed by atoms with Crippen molar-refractivity contribution >= 4 is 45.1 Å². The molecule has 0 spiro atoms. The maximum absolute atomic E-state index is 11.9. The van der Waals surface area contributed by atoms with E-state index in [1.54, 1.807) is 0 Å². The third-order valence-corrected chi connectivity index (χ3v) is 4.22. The molecule has 1 heterocycles. The van der Waals surface area contributed by atoms with Crippen molar-refractivity contribution in [1.82, 2.24) is 0 Å². The lowest BCUT2D eigenvalue weighted by Crippen LogP contribution is -2.27. The van der Waals surface area contributed by atoms with E-state index >= 15 is 0 Å². The second-order valence-electron chi connectivity index (χ2n) is 4.35. The fourth-order valence-electron chi connectivity index (χ4n) is 2.07. The first-order valence-corrected chi connectivity index (χ1v) is 6.74. The van der Waals surface area contributed by atoms with E-state index in [2.05, 4.69) is 15.9 Å². The van der Waals surface area contributed by atoms with Gasteiger partial charge in [0.15, 0.2) is 0 Å². The van der Waals surface area contributed by atoms with Gasteiger partial charge in [0.05, 0.1) is 16.3 Å². The lowest BCUT2D eigenvalue weighted by molar-refractivity contribution is -0.117. The Morgan fingerprint density at radius 3 is 2.74 bits per heavy atom. The summed E-state index contributed by atoms with van der Waals surface area (Å²) in [5.74, 6) is -1.51. The number of carbonyl (C=O) groups excluding carboxylic acids is 1. The Bertz CT molecular complexity index is 549. The molecule has 2 rings (SSSR count). The zero-order valence-corrected chi connectivity index (χ0v) is 12.1. The topological polar surface area (TPSA) is 77.8 Å². The van der Waals surface area contributed by atoms with Crippen LogP contribution in [0.5, 0.6) is 0 Å². The number of aliphatic hydroxyl groups excluding tert-OH is 1. The van der Waals surface area contributed by atoms with Crippen LogP contribution in [0, 0.1) is 5.92 Å². The van der Waals surface area contributed by atoms with Crippen molar-refractivity contribution in [2.24, 2.45) is 5.92 Å². The molecular formula is C12H11BrClNO4. The summed E-state index contributed by atoms with van der Waals surface area (Å²) in [7, 11) is 0. The average molecular weight is 349 g/mol. The molecule has 19 heavy (non-hydrogen) atoms. The number of anilines is 1. The van der Waals surface area contributed by atoms with Crippen molar-refractivity contribution in [2.75, 3.05) is 18.1 Å². The number of carboxylic acid groups (broad SMARTS) is 1. The molecule has 5 nitrogen and oxygen atoms in total. The fraction of sp³-hybridized carbons (Fsp3) is 0.333. The number of nitrogens with zero attached hydrogens (tertiary/aromatic N) is 1. The van der Waals surface area contributed by atoms with Crippen LogP contribution in [-0.4, -0.2) is 35.2 Å². The minimum absolute atomic E-state index is 0.00298. The quantitative estimate of drug-likeness (QED) is 0.877. The van der Waals surface area contributed by atoms with E-state index in [4.69, 9.17) is 16.7 Å². The van der Waals surface area contributed by atoms with Crippen LogP contribution in [0.1, 0.15) is 16.8 Å². The van der Waals surface area contributed by atoms with Crippen LogP contribution in [-0.2, 0) is 4.79 Å². The number of aromatic carboxylic acids is 1. The molecule has 102 valence electrons. The number of carbonyl (C=O) groups is 2. The minimum atomic E-state index is -1.13. The number of aliphatic hydroxyl groups is 1. The minimum Gasteiger partial charge on any atom is -0.478 e. The van der Waals surface area contributed by atoms with Crippen LogP contribution < -0.4 is 4.90 Å². The summed E-state index contributed by atoms with van der Waals surface area (Å²) in [6.45, 7) is 0.197. The second-order valence-corrected chi connectivity index (χ2v) is 5.61. The zero-order valence-electron chi connectivity index (χ0n) is 9.77. The standard InChI is InChI=1S/C12H11BrClNO4/c13-8-2-7(12(18)19)10(3-9(8)14)15-4-6(5-16)1-11(15)17/h2-3,6,16H,1,4-5H2,(H,18,19). The van der Waals surface area contributed by atoms with E-state index in [-0.39, 0.29) is 36.1 Å². The second kappa shape index (κ2) is 5.48. The molecule has 0 radical (unpaired) electrons. The lowest BCUT2D eigenvalue weighted by atomic mass is 10.1. The summed E-state index contributed by atoms with van der Waals surface area (Å²) in [5, 5.41) is 18.6. The molecular weight excluding hydrogens is 337 g/mol. The van der Waals surface area contributed by atoms with E-state index in [0.717, 1.165) is 0 Å². The van der Waals surface area contributed by atoms with Gasteiger partial charge in [0.25, 0.3) is 0 Å². The summed E-state index contributed by atoms with van der Waals surface area (Å²) in [6.07, 6.45) is 0.212. The highest BCUT2D eigenvalue weighted by atomic mass is 79.9. The molecule has 0 saturated carbocycles. The number of benzene rings is 1. The van der Waals surface area contributed by atoms with Crippen LogP contribution in [0.2, 0.25) is 5.02 Å². The van der Waals surface area contributed by atoms with Crippen LogP contribution >= 0.6 is 27.5 Å². The van der Waals surface area contributed by atoms with Gasteiger partial charge in [-0.3, -0.25) is 4.79 Å². The Hall–Kier alpha value is -1.11. The number of carboxylic acids is 1. The Kier molecular flexibility index (Phi) is 4.13. The first kappa shape index (κ1) is 14.3. The molecule has 0 aromatic heterocycles. The van der Waals surface area contributed by atoms with Crippen LogP contribution in [0.25, 0.3) is 0 Å². The monoisotopic (exact) mass is 347 g/mol. The Labute approximate surface area is 122 Å². The highest BCUT2D eigenvalue weighted by molar-refractivity contribution is 9.10. The van der Waals surface area contributed by atoms with Gasteiger partial charge in [0.2, 0.25) is 5.91 Å². The summed E-state index contributed by atoms with van der Waals surface area (Å²) in [5.41, 5.74) is 0.268. The number of amides is 1. The van der Waals surface area contributed by atoms with Gasteiger partial charge in [-0.15, -0.1) is 0 Å². The Balaban J connectivity index is 2.47. The smallest absolute Gasteiger partial charge is 0.337 e. The molecule has 7 heteroatoms. The first-order chi connectivity index (χ1) is 8.93. The maximum atomic E-state index is 11.9.